The maximum absolute atomic E-state index is 10.1. The summed E-state index contributed by atoms with van der Waals surface area (Å²) in [5.41, 5.74) is 0.462. The predicted octanol–water partition coefficient (Wildman–Crippen LogP) is -0.812. The number of nitrogens with zero attached hydrogens (tertiary/aromatic N) is 1. The van der Waals surface area contributed by atoms with Crippen molar-refractivity contribution in [2.75, 3.05) is 0 Å². The van der Waals surface area contributed by atoms with Crippen molar-refractivity contribution in [3.05, 3.63) is 30.1 Å². The number of aliphatic hydroxyl groups is 1. The molecule has 0 aliphatic carbocycles. The van der Waals surface area contributed by atoms with E-state index < -0.39 is 17.1 Å². The number of aliphatic hydroxyl groups excluding tert-OH is 1. The van der Waals surface area contributed by atoms with E-state index >= 15 is 0 Å². The van der Waals surface area contributed by atoms with Crippen molar-refractivity contribution in [3.63, 3.8) is 0 Å². The lowest BCUT2D eigenvalue weighted by molar-refractivity contribution is 0.167. The first-order chi connectivity index (χ1) is 5.70. The van der Waals surface area contributed by atoms with Gasteiger partial charge in [0.05, 0.1) is 0 Å². The molecule has 0 aliphatic heterocycles. The lowest BCUT2D eigenvalue weighted by Crippen LogP contribution is -2.18. The van der Waals surface area contributed by atoms with Crippen molar-refractivity contribution in [3.8, 4) is 0 Å². The average Bonchev–Trinajstić information content (AvgIpc) is 2.05. The zero-order chi connectivity index (χ0) is 8.97. The smallest absolute Gasteiger partial charge is 0.203 e. The van der Waals surface area contributed by atoms with Gasteiger partial charge in [-0.05, 0) is 17.7 Å². The Bertz CT molecular complexity index is 304. The quantitative estimate of drug-likeness (QED) is 0.428. The van der Waals surface area contributed by atoms with E-state index in [1.807, 2.05) is 4.72 Å². The third kappa shape index (κ3) is 2.57. The maximum atomic E-state index is 10.1. The number of thiol groups is 1. The van der Waals surface area contributed by atoms with Gasteiger partial charge in [-0.1, -0.05) is 0 Å². The molecule has 0 aliphatic rings. The average molecular weight is 188 g/mol. The van der Waals surface area contributed by atoms with E-state index in [0.717, 1.165) is 0 Å². The summed E-state index contributed by atoms with van der Waals surface area (Å²) in [5, 5.41) is 9.17. The van der Waals surface area contributed by atoms with E-state index in [1.165, 1.54) is 24.5 Å². The van der Waals surface area contributed by atoms with Crippen LogP contribution in [0.5, 0.6) is 0 Å². The number of nitrogens with one attached hydrogen (secondary N) is 1. The lowest BCUT2D eigenvalue weighted by atomic mass is 10.2. The van der Waals surface area contributed by atoms with Crippen LogP contribution < -0.4 is 4.72 Å². The molecule has 0 fully saturated rings. The molecule has 0 amide bonds. The summed E-state index contributed by atoms with van der Waals surface area (Å²) in [6.07, 6.45) is 1.75. The number of aromatic nitrogens is 1. The molecule has 0 spiro atoms. The fraction of sp³-hybridized carbons (Fsp3) is 0.167. The maximum Gasteiger partial charge on any atom is 0.203 e. The van der Waals surface area contributed by atoms with Crippen molar-refractivity contribution in [1.29, 1.82) is 0 Å². The van der Waals surface area contributed by atoms with Crippen LogP contribution in [0.3, 0.4) is 0 Å². The number of pyridine rings is 1. The SMILES string of the molecule is O=[SH](=O)NC(O)c1ccncc1. The highest BCUT2D eigenvalue weighted by Crippen LogP contribution is 2.06. The Labute approximate surface area is 71.2 Å². The van der Waals surface area contributed by atoms with E-state index in [2.05, 4.69) is 4.98 Å². The molecule has 66 valence electrons. The molecule has 2 N–H and O–H groups in total. The van der Waals surface area contributed by atoms with Crippen molar-refractivity contribution in [2.45, 2.75) is 6.23 Å². The minimum absolute atomic E-state index is 0.462. The molecular formula is C6H8N2O3S. The number of rotatable bonds is 3. The molecule has 0 aromatic carbocycles. The molecule has 1 aromatic heterocycles. The van der Waals surface area contributed by atoms with Crippen LogP contribution in [0.15, 0.2) is 24.5 Å². The number of hydrogen-bond acceptors (Lipinski definition) is 4. The Hall–Kier alpha value is -0.980. The largest absolute Gasteiger partial charge is 0.373 e. The van der Waals surface area contributed by atoms with Crippen LogP contribution in [0.4, 0.5) is 0 Å². The van der Waals surface area contributed by atoms with E-state index in [4.69, 9.17) is 5.11 Å². The van der Waals surface area contributed by atoms with E-state index in [0.29, 0.717) is 5.56 Å². The minimum Gasteiger partial charge on any atom is -0.373 e. The van der Waals surface area contributed by atoms with Crippen molar-refractivity contribution >= 4 is 10.9 Å². The molecule has 1 unspecified atom stereocenters. The summed E-state index contributed by atoms with van der Waals surface area (Å²) in [7, 11) is -2.78. The van der Waals surface area contributed by atoms with Crippen molar-refractivity contribution < 1.29 is 13.5 Å². The molecule has 0 saturated carbocycles. The van der Waals surface area contributed by atoms with E-state index in [9.17, 15) is 8.42 Å². The van der Waals surface area contributed by atoms with Gasteiger partial charge in [0.15, 0.2) is 0 Å². The van der Waals surface area contributed by atoms with Gasteiger partial charge in [0.2, 0.25) is 10.9 Å². The normalized spacial score (nSPS) is 13.2. The summed E-state index contributed by atoms with van der Waals surface area (Å²) < 4.78 is 22.2. The van der Waals surface area contributed by atoms with Gasteiger partial charge in [-0.2, -0.15) is 4.72 Å². The molecular weight excluding hydrogens is 180 g/mol. The Morgan fingerprint density at radius 1 is 1.42 bits per heavy atom. The third-order valence-corrected chi connectivity index (χ3v) is 1.70. The van der Waals surface area contributed by atoms with Crippen LogP contribution in [0.1, 0.15) is 11.8 Å². The molecule has 1 atom stereocenters. The van der Waals surface area contributed by atoms with E-state index in [-0.39, 0.29) is 0 Å². The highest BCUT2D eigenvalue weighted by Gasteiger charge is 2.05. The fourth-order valence-corrected chi connectivity index (χ4v) is 1.07. The monoisotopic (exact) mass is 188 g/mol. The second-order valence-electron chi connectivity index (χ2n) is 2.07. The Kier molecular flexibility index (Phi) is 3.15. The molecule has 0 bridgehead atoms. The highest BCUT2D eigenvalue weighted by molar-refractivity contribution is 7.70. The van der Waals surface area contributed by atoms with E-state index in [1.54, 1.807) is 0 Å². The van der Waals surface area contributed by atoms with Crippen LogP contribution in [-0.2, 0) is 10.9 Å². The van der Waals surface area contributed by atoms with Gasteiger partial charge in [-0.3, -0.25) is 4.98 Å². The van der Waals surface area contributed by atoms with Gasteiger partial charge < -0.3 is 5.11 Å². The highest BCUT2D eigenvalue weighted by atomic mass is 32.2. The van der Waals surface area contributed by atoms with Crippen molar-refractivity contribution in [2.24, 2.45) is 0 Å². The molecule has 1 rings (SSSR count). The summed E-state index contributed by atoms with van der Waals surface area (Å²) in [6, 6.07) is 3.05. The molecule has 12 heavy (non-hydrogen) atoms. The van der Waals surface area contributed by atoms with Crippen LogP contribution in [0.25, 0.3) is 0 Å². The van der Waals surface area contributed by atoms with Crippen LogP contribution in [-0.4, -0.2) is 18.5 Å². The zero-order valence-corrected chi connectivity index (χ0v) is 6.94. The third-order valence-electron chi connectivity index (χ3n) is 1.25. The molecule has 6 heteroatoms. The number of hydrogen-bond donors (Lipinski definition) is 3. The Morgan fingerprint density at radius 3 is 2.50 bits per heavy atom. The topological polar surface area (TPSA) is 79.3 Å². The molecule has 0 saturated heterocycles. The van der Waals surface area contributed by atoms with Gasteiger partial charge in [-0.25, -0.2) is 8.42 Å². The standard InChI is InChI=1S/C6H8N2O3S/c9-6(8-12(10)11)5-1-3-7-4-2-5/h1-4,6,9,12H,(H,8,10,11). The van der Waals surface area contributed by atoms with Crippen LogP contribution in [0, 0.1) is 0 Å². The predicted molar refractivity (Wildman–Crippen MR) is 42.6 cm³/mol. The first-order valence-electron chi connectivity index (χ1n) is 3.18. The first kappa shape index (κ1) is 9.11. The van der Waals surface area contributed by atoms with Gasteiger partial charge in [0.1, 0.15) is 6.23 Å². The molecule has 1 heterocycles. The molecule has 0 radical (unpaired) electrons. The summed E-state index contributed by atoms with van der Waals surface area (Å²) in [6.45, 7) is 0. The van der Waals surface area contributed by atoms with Gasteiger partial charge in [0, 0.05) is 12.4 Å². The van der Waals surface area contributed by atoms with Crippen molar-refractivity contribution in [1.82, 2.24) is 9.71 Å². The molecule has 1 aromatic rings. The van der Waals surface area contributed by atoms with Gasteiger partial charge in [0.25, 0.3) is 0 Å². The summed E-state index contributed by atoms with van der Waals surface area (Å²) in [5.74, 6) is 0. The van der Waals surface area contributed by atoms with Gasteiger partial charge in [-0.15, -0.1) is 0 Å². The Balaban J connectivity index is 2.71. The second kappa shape index (κ2) is 4.15. The van der Waals surface area contributed by atoms with Crippen LogP contribution >= 0.6 is 0 Å². The van der Waals surface area contributed by atoms with Gasteiger partial charge >= 0.3 is 0 Å². The fourth-order valence-electron chi connectivity index (χ4n) is 0.720. The summed E-state index contributed by atoms with van der Waals surface area (Å²) >= 11 is 0. The summed E-state index contributed by atoms with van der Waals surface area (Å²) in [4.78, 5) is 3.72. The Morgan fingerprint density at radius 2 is 2.00 bits per heavy atom. The minimum atomic E-state index is -2.78. The lowest BCUT2D eigenvalue weighted by Gasteiger charge is -2.06. The van der Waals surface area contributed by atoms with Crippen LogP contribution in [0.2, 0.25) is 0 Å². The zero-order valence-electron chi connectivity index (χ0n) is 6.04. The molecule has 5 nitrogen and oxygen atoms in total. The second-order valence-corrected chi connectivity index (χ2v) is 2.84. The first-order valence-corrected chi connectivity index (χ1v) is 4.36.